The fourth-order valence-electron chi connectivity index (χ4n) is 1.30. The van der Waals surface area contributed by atoms with E-state index in [2.05, 4.69) is 5.10 Å². The second-order valence-corrected chi connectivity index (χ2v) is 5.81. The van der Waals surface area contributed by atoms with Gasteiger partial charge in [0.05, 0.1) is 11.4 Å². The maximum absolute atomic E-state index is 11.9. The first-order valence-corrected chi connectivity index (χ1v) is 6.54. The van der Waals surface area contributed by atoms with Gasteiger partial charge in [-0.15, -0.1) is 0 Å². The van der Waals surface area contributed by atoms with Crippen molar-refractivity contribution >= 4 is 15.5 Å². The molecule has 0 spiro atoms. The lowest BCUT2D eigenvalue weighted by Gasteiger charge is -2.07. The standard InChI is InChI=1S/C9H17N3O2S/c1-4-7(2)6-15(13,14)9-8(10)5-12(3)11-9/h5,7H,4,6,10H2,1-3H3. The minimum Gasteiger partial charge on any atom is -0.395 e. The van der Waals surface area contributed by atoms with E-state index in [0.29, 0.717) is 0 Å². The van der Waals surface area contributed by atoms with Crippen molar-refractivity contribution in [1.82, 2.24) is 9.78 Å². The molecule has 0 aliphatic rings. The maximum Gasteiger partial charge on any atom is 0.199 e. The van der Waals surface area contributed by atoms with Crippen LogP contribution in [0.3, 0.4) is 0 Å². The van der Waals surface area contributed by atoms with Crippen LogP contribution < -0.4 is 5.73 Å². The van der Waals surface area contributed by atoms with Crippen molar-refractivity contribution in [3.05, 3.63) is 6.20 Å². The first kappa shape index (κ1) is 12.0. The fraction of sp³-hybridized carbons (Fsp3) is 0.667. The van der Waals surface area contributed by atoms with Gasteiger partial charge in [-0.05, 0) is 5.92 Å². The minimum atomic E-state index is -3.34. The van der Waals surface area contributed by atoms with Gasteiger partial charge in [0.2, 0.25) is 0 Å². The topological polar surface area (TPSA) is 78.0 Å². The smallest absolute Gasteiger partial charge is 0.199 e. The molecular weight excluding hydrogens is 214 g/mol. The van der Waals surface area contributed by atoms with E-state index in [1.807, 2.05) is 13.8 Å². The van der Waals surface area contributed by atoms with Gasteiger partial charge in [0.25, 0.3) is 0 Å². The highest BCUT2D eigenvalue weighted by Gasteiger charge is 2.23. The zero-order valence-electron chi connectivity index (χ0n) is 9.27. The normalized spacial score (nSPS) is 14.1. The third kappa shape index (κ3) is 2.71. The Morgan fingerprint density at radius 3 is 2.60 bits per heavy atom. The fourth-order valence-corrected chi connectivity index (χ4v) is 3.11. The van der Waals surface area contributed by atoms with E-state index in [4.69, 9.17) is 5.73 Å². The Balaban J connectivity index is 3.01. The van der Waals surface area contributed by atoms with Crippen LogP contribution in [0.15, 0.2) is 11.2 Å². The van der Waals surface area contributed by atoms with Crippen molar-refractivity contribution in [1.29, 1.82) is 0 Å². The number of hydrogen-bond donors (Lipinski definition) is 1. The number of aryl methyl sites for hydroxylation is 1. The van der Waals surface area contributed by atoms with Gasteiger partial charge in [0, 0.05) is 13.2 Å². The molecule has 2 N–H and O–H groups in total. The number of rotatable bonds is 4. The number of anilines is 1. The molecule has 6 heteroatoms. The molecule has 1 atom stereocenters. The molecule has 1 aromatic rings. The van der Waals surface area contributed by atoms with Crippen LogP contribution >= 0.6 is 0 Å². The summed E-state index contributed by atoms with van der Waals surface area (Å²) in [5.74, 6) is 0.224. The van der Waals surface area contributed by atoms with Crippen molar-refractivity contribution in [2.75, 3.05) is 11.5 Å². The molecule has 0 amide bonds. The van der Waals surface area contributed by atoms with Crippen molar-refractivity contribution in [2.45, 2.75) is 25.3 Å². The van der Waals surface area contributed by atoms with Gasteiger partial charge in [-0.3, -0.25) is 4.68 Å². The summed E-state index contributed by atoms with van der Waals surface area (Å²) in [5, 5.41) is 3.88. The lowest BCUT2D eigenvalue weighted by Crippen LogP contribution is -2.15. The molecule has 0 saturated carbocycles. The molecule has 1 aromatic heterocycles. The molecular formula is C9H17N3O2S. The number of nitrogens with two attached hydrogens (primary N) is 1. The molecule has 0 aromatic carbocycles. The van der Waals surface area contributed by atoms with Gasteiger partial charge < -0.3 is 5.73 Å². The Morgan fingerprint density at radius 1 is 1.60 bits per heavy atom. The van der Waals surface area contributed by atoms with Crippen LogP contribution in [0.4, 0.5) is 5.69 Å². The summed E-state index contributed by atoms with van der Waals surface area (Å²) >= 11 is 0. The zero-order valence-corrected chi connectivity index (χ0v) is 10.1. The zero-order chi connectivity index (χ0) is 11.6. The van der Waals surface area contributed by atoms with E-state index in [0.717, 1.165) is 6.42 Å². The predicted octanol–water partition coefficient (Wildman–Crippen LogP) is 0.822. The summed E-state index contributed by atoms with van der Waals surface area (Å²) in [4.78, 5) is 0. The van der Waals surface area contributed by atoms with Crippen molar-refractivity contribution in [2.24, 2.45) is 13.0 Å². The second kappa shape index (κ2) is 4.22. The van der Waals surface area contributed by atoms with Crippen molar-refractivity contribution in [3.8, 4) is 0 Å². The van der Waals surface area contributed by atoms with Crippen molar-refractivity contribution < 1.29 is 8.42 Å². The van der Waals surface area contributed by atoms with Crippen LogP contribution in [0.5, 0.6) is 0 Å². The molecule has 5 nitrogen and oxygen atoms in total. The van der Waals surface area contributed by atoms with Gasteiger partial charge in [0.15, 0.2) is 14.9 Å². The van der Waals surface area contributed by atoms with Crippen LogP contribution in [-0.4, -0.2) is 24.0 Å². The van der Waals surface area contributed by atoms with Gasteiger partial charge in [0.1, 0.15) is 0 Å². The Morgan fingerprint density at radius 2 is 2.20 bits per heavy atom. The van der Waals surface area contributed by atoms with E-state index in [-0.39, 0.29) is 22.4 Å². The number of sulfone groups is 1. The molecule has 86 valence electrons. The summed E-state index contributed by atoms with van der Waals surface area (Å²) in [5.41, 5.74) is 5.81. The molecule has 1 unspecified atom stereocenters. The van der Waals surface area contributed by atoms with Gasteiger partial charge >= 0.3 is 0 Å². The predicted molar refractivity (Wildman–Crippen MR) is 59.1 cm³/mol. The van der Waals surface area contributed by atoms with Crippen molar-refractivity contribution in [3.63, 3.8) is 0 Å². The first-order valence-electron chi connectivity index (χ1n) is 4.88. The maximum atomic E-state index is 11.9. The average molecular weight is 231 g/mol. The molecule has 15 heavy (non-hydrogen) atoms. The molecule has 1 rings (SSSR count). The molecule has 0 fully saturated rings. The SMILES string of the molecule is CCC(C)CS(=O)(=O)c1nn(C)cc1N. The molecule has 0 aliphatic heterocycles. The number of nitrogen functional groups attached to an aromatic ring is 1. The highest BCUT2D eigenvalue weighted by molar-refractivity contribution is 7.91. The molecule has 1 heterocycles. The van der Waals surface area contributed by atoms with Crippen LogP contribution in [0.1, 0.15) is 20.3 Å². The monoisotopic (exact) mass is 231 g/mol. The van der Waals surface area contributed by atoms with E-state index in [1.54, 1.807) is 7.05 Å². The van der Waals surface area contributed by atoms with Crippen LogP contribution in [0, 0.1) is 5.92 Å². The Hall–Kier alpha value is -1.04. The van der Waals surface area contributed by atoms with Gasteiger partial charge in [-0.2, -0.15) is 5.10 Å². The largest absolute Gasteiger partial charge is 0.395 e. The summed E-state index contributed by atoms with van der Waals surface area (Å²) in [6, 6.07) is 0. The van der Waals surface area contributed by atoms with Gasteiger partial charge in [-0.1, -0.05) is 20.3 Å². The Kier molecular flexibility index (Phi) is 3.38. The van der Waals surface area contributed by atoms with E-state index < -0.39 is 9.84 Å². The van der Waals surface area contributed by atoms with E-state index >= 15 is 0 Å². The molecule has 0 aliphatic carbocycles. The first-order chi connectivity index (χ1) is 6.86. The number of nitrogens with zero attached hydrogens (tertiary/aromatic N) is 2. The number of hydrogen-bond acceptors (Lipinski definition) is 4. The number of aromatic nitrogens is 2. The summed E-state index contributed by atoms with van der Waals surface area (Å²) < 4.78 is 25.2. The Labute approximate surface area is 90.2 Å². The molecule has 0 radical (unpaired) electrons. The minimum absolute atomic E-state index is 0.00491. The highest BCUT2D eigenvalue weighted by atomic mass is 32.2. The summed E-state index contributed by atoms with van der Waals surface area (Å²) in [7, 11) is -1.69. The summed E-state index contributed by atoms with van der Waals surface area (Å²) in [6.07, 6.45) is 2.33. The molecule has 0 bridgehead atoms. The summed E-state index contributed by atoms with van der Waals surface area (Å²) in [6.45, 7) is 3.86. The highest BCUT2D eigenvalue weighted by Crippen LogP contribution is 2.19. The molecule has 0 saturated heterocycles. The quantitative estimate of drug-likeness (QED) is 0.832. The lowest BCUT2D eigenvalue weighted by atomic mass is 10.2. The van der Waals surface area contributed by atoms with Crippen LogP contribution in [0.25, 0.3) is 0 Å². The second-order valence-electron chi connectivity index (χ2n) is 3.86. The van der Waals surface area contributed by atoms with Crippen LogP contribution in [0.2, 0.25) is 0 Å². The third-order valence-electron chi connectivity index (χ3n) is 2.32. The average Bonchev–Trinajstić information content (AvgIpc) is 2.45. The van der Waals surface area contributed by atoms with E-state index in [1.165, 1.54) is 10.9 Å². The van der Waals surface area contributed by atoms with Gasteiger partial charge in [-0.25, -0.2) is 8.42 Å². The third-order valence-corrected chi connectivity index (χ3v) is 4.23. The van der Waals surface area contributed by atoms with E-state index in [9.17, 15) is 8.42 Å². The lowest BCUT2D eigenvalue weighted by molar-refractivity contribution is 0.558. The van der Waals surface area contributed by atoms with Crippen LogP contribution in [-0.2, 0) is 16.9 Å². The Bertz CT molecular complexity index is 436.